The van der Waals surface area contributed by atoms with E-state index < -0.39 is 0 Å². The molecule has 24 heavy (non-hydrogen) atoms. The SMILES string of the molecule is CC(NC(=O)N1CCOc2cc(Br)ccc2C1)c1cc[nH]c(=O)c1. The Morgan fingerprint density at radius 1 is 1.38 bits per heavy atom. The van der Waals surface area contributed by atoms with E-state index in [1.807, 2.05) is 25.1 Å². The van der Waals surface area contributed by atoms with Gasteiger partial charge < -0.3 is 19.9 Å². The highest BCUT2D eigenvalue weighted by Gasteiger charge is 2.21. The molecule has 0 aliphatic carbocycles. The van der Waals surface area contributed by atoms with Crippen LogP contribution in [0.2, 0.25) is 0 Å². The van der Waals surface area contributed by atoms with Crippen molar-refractivity contribution >= 4 is 22.0 Å². The van der Waals surface area contributed by atoms with Gasteiger partial charge in [-0.15, -0.1) is 0 Å². The van der Waals surface area contributed by atoms with E-state index in [4.69, 9.17) is 4.74 Å². The normalized spacial score (nSPS) is 15.0. The second kappa shape index (κ2) is 7.09. The van der Waals surface area contributed by atoms with E-state index in [9.17, 15) is 9.59 Å². The van der Waals surface area contributed by atoms with Crippen molar-refractivity contribution in [3.63, 3.8) is 0 Å². The fourth-order valence-electron chi connectivity index (χ4n) is 2.61. The fraction of sp³-hybridized carbons (Fsp3) is 0.294. The first-order valence-corrected chi connectivity index (χ1v) is 8.47. The molecule has 0 saturated carbocycles. The van der Waals surface area contributed by atoms with Crippen molar-refractivity contribution in [1.82, 2.24) is 15.2 Å². The minimum absolute atomic E-state index is 0.179. The van der Waals surface area contributed by atoms with Gasteiger partial charge in [-0.1, -0.05) is 22.0 Å². The van der Waals surface area contributed by atoms with Gasteiger partial charge in [0.05, 0.1) is 19.1 Å². The van der Waals surface area contributed by atoms with Crippen LogP contribution in [-0.4, -0.2) is 29.1 Å². The zero-order valence-electron chi connectivity index (χ0n) is 13.2. The number of H-pyrrole nitrogens is 1. The van der Waals surface area contributed by atoms with Crippen molar-refractivity contribution in [2.75, 3.05) is 13.2 Å². The van der Waals surface area contributed by atoms with Crippen molar-refractivity contribution in [2.45, 2.75) is 19.5 Å². The van der Waals surface area contributed by atoms with Crippen LogP contribution in [0.4, 0.5) is 4.79 Å². The molecule has 1 aromatic carbocycles. The van der Waals surface area contributed by atoms with Crippen LogP contribution >= 0.6 is 15.9 Å². The first kappa shape index (κ1) is 16.6. The van der Waals surface area contributed by atoms with Gasteiger partial charge in [-0.05, 0) is 30.7 Å². The van der Waals surface area contributed by atoms with Gasteiger partial charge in [0.25, 0.3) is 0 Å². The Kier molecular flexibility index (Phi) is 4.89. The molecule has 2 N–H and O–H groups in total. The minimum Gasteiger partial charge on any atom is -0.491 e. The minimum atomic E-state index is -0.256. The molecule has 126 valence electrons. The summed E-state index contributed by atoms with van der Waals surface area (Å²) < 4.78 is 6.66. The topological polar surface area (TPSA) is 74.4 Å². The number of aromatic amines is 1. The largest absolute Gasteiger partial charge is 0.491 e. The number of fused-ring (bicyclic) bond motifs is 1. The smallest absolute Gasteiger partial charge is 0.318 e. The molecule has 2 heterocycles. The Morgan fingerprint density at radius 3 is 3.00 bits per heavy atom. The molecule has 2 aromatic rings. The number of urea groups is 1. The number of halogens is 1. The number of ether oxygens (including phenoxy) is 1. The summed E-state index contributed by atoms with van der Waals surface area (Å²) >= 11 is 3.42. The van der Waals surface area contributed by atoms with Crippen LogP contribution in [0.15, 0.2) is 45.8 Å². The molecule has 0 fully saturated rings. The van der Waals surface area contributed by atoms with E-state index in [2.05, 4.69) is 26.2 Å². The van der Waals surface area contributed by atoms with Crippen molar-refractivity contribution < 1.29 is 9.53 Å². The number of nitrogens with one attached hydrogen (secondary N) is 2. The molecule has 1 aromatic heterocycles. The molecule has 7 heteroatoms. The van der Waals surface area contributed by atoms with Gasteiger partial charge in [0, 0.05) is 22.3 Å². The lowest BCUT2D eigenvalue weighted by atomic mass is 10.1. The molecular weight excluding hydrogens is 374 g/mol. The molecule has 1 atom stereocenters. The van der Waals surface area contributed by atoms with Crippen LogP contribution in [0.25, 0.3) is 0 Å². The number of carbonyl (C=O) groups excluding carboxylic acids is 1. The monoisotopic (exact) mass is 391 g/mol. The first-order chi connectivity index (χ1) is 11.5. The van der Waals surface area contributed by atoms with Gasteiger partial charge in [0.15, 0.2) is 0 Å². The first-order valence-electron chi connectivity index (χ1n) is 7.68. The van der Waals surface area contributed by atoms with Gasteiger partial charge in [0.2, 0.25) is 5.56 Å². The maximum atomic E-state index is 12.6. The lowest BCUT2D eigenvalue weighted by Crippen LogP contribution is -2.41. The summed E-state index contributed by atoms with van der Waals surface area (Å²) in [5.74, 6) is 0.794. The molecule has 0 bridgehead atoms. The zero-order valence-corrected chi connectivity index (χ0v) is 14.8. The van der Waals surface area contributed by atoms with Crippen molar-refractivity contribution in [3.8, 4) is 5.75 Å². The van der Waals surface area contributed by atoms with E-state index >= 15 is 0 Å². The summed E-state index contributed by atoms with van der Waals surface area (Å²) in [5, 5.41) is 2.93. The van der Waals surface area contributed by atoms with Crippen LogP contribution in [0, 0.1) is 0 Å². The maximum absolute atomic E-state index is 12.6. The third-order valence-corrected chi connectivity index (χ3v) is 4.43. The Morgan fingerprint density at radius 2 is 2.21 bits per heavy atom. The van der Waals surface area contributed by atoms with E-state index in [1.54, 1.807) is 17.2 Å². The van der Waals surface area contributed by atoms with Gasteiger partial charge in [0.1, 0.15) is 12.4 Å². The summed E-state index contributed by atoms with van der Waals surface area (Å²) in [5.41, 5.74) is 1.55. The molecular formula is C17H18BrN3O3. The second-order valence-electron chi connectivity index (χ2n) is 5.68. The van der Waals surface area contributed by atoms with Crippen LogP contribution < -0.4 is 15.6 Å². The standard InChI is InChI=1S/C17H18BrN3O3/c1-11(12-4-5-19-16(22)8-12)20-17(23)21-6-7-24-15-9-14(18)3-2-13(15)10-21/h2-5,8-9,11H,6-7,10H2,1H3,(H,19,22)(H,20,23). The average molecular weight is 392 g/mol. The number of hydrogen-bond acceptors (Lipinski definition) is 3. The van der Waals surface area contributed by atoms with Crippen LogP contribution in [0.3, 0.4) is 0 Å². The quantitative estimate of drug-likeness (QED) is 0.826. The molecule has 2 amide bonds. The highest BCUT2D eigenvalue weighted by Crippen LogP contribution is 2.27. The summed E-state index contributed by atoms with van der Waals surface area (Å²) in [6, 6.07) is 8.63. The lowest BCUT2D eigenvalue weighted by molar-refractivity contribution is 0.184. The second-order valence-corrected chi connectivity index (χ2v) is 6.60. The maximum Gasteiger partial charge on any atom is 0.318 e. The molecule has 1 aliphatic rings. The Balaban J connectivity index is 1.71. The van der Waals surface area contributed by atoms with Gasteiger partial charge in [-0.25, -0.2) is 4.79 Å². The van der Waals surface area contributed by atoms with Crippen molar-refractivity contribution in [3.05, 3.63) is 62.5 Å². The number of carbonyl (C=O) groups is 1. The number of hydrogen-bond donors (Lipinski definition) is 2. The number of rotatable bonds is 2. The summed E-state index contributed by atoms with van der Waals surface area (Å²) in [4.78, 5) is 28.2. The predicted octanol–water partition coefficient (Wildman–Crippen LogP) is 2.80. The number of pyridine rings is 1. The molecule has 6 nitrogen and oxygen atoms in total. The van der Waals surface area contributed by atoms with Crippen LogP contribution in [0.5, 0.6) is 5.75 Å². The summed E-state index contributed by atoms with van der Waals surface area (Å²) in [6.45, 7) is 3.28. The number of amides is 2. The van der Waals surface area contributed by atoms with E-state index in [1.165, 1.54) is 6.07 Å². The van der Waals surface area contributed by atoms with Gasteiger partial charge in [-0.2, -0.15) is 0 Å². The Bertz CT molecular complexity index is 806. The highest BCUT2D eigenvalue weighted by molar-refractivity contribution is 9.10. The Labute approximate surface area is 148 Å². The third-order valence-electron chi connectivity index (χ3n) is 3.94. The average Bonchev–Trinajstić information content (AvgIpc) is 2.76. The van der Waals surface area contributed by atoms with E-state index in [0.717, 1.165) is 21.3 Å². The Hall–Kier alpha value is -2.28. The third kappa shape index (κ3) is 3.79. The summed E-state index contributed by atoms with van der Waals surface area (Å²) in [6.07, 6.45) is 1.58. The molecule has 0 saturated heterocycles. The van der Waals surface area contributed by atoms with Crippen LogP contribution in [0.1, 0.15) is 24.1 Å². The van der Waals surface area contributed by atoms with Crippen molar-refractivity contribution in [2.24, 2.45) is 0 Å². The van der Waals surface area contributed by atoms with Crippen molar-refractivity contribution in [1.29, 1.82) is 0 Å². The number of aromatic nitrogens is 1. The molecule has 1 unspecified atom stereocenters. The summed E-state index contributed by atoms with van der Waals surface area (Å²) in [7, 11) is 0. The molecule has 1 aliphatic heterocycles. The molecule has 0 radical (unpaired) electrons. The number of benzene rings is 1. The lowest BCUT2D eigenvalue weighted by Gasteiger charge is -2.23. The highest BCUT2D eigenvalue weighted by atomic mass is 79.9. The van der Waals surface area contributed by atoms with Gasteiger partial charge >= 0.3 is 6.03 Å². The van der Waals surface area contributed by atoms with E-state index in [-0.39, 0.29) is 17.6 Å². The molecule has 3 rings (SSSR count). The zero-order chi connectivity index (χ0) is 17.1. The van der Waals surface area contributed by atoms with Crippen LogP contribution in [-0.2, 0) is 6.54 Å². The fourth-order valence-corrected chi connectivity index (χ4v) is 2.95. The van der Waals surface area contributed by atoms with E-state index in [0.29, 0.717) is 19.7 Å². The number of nitrogens with zero attached hydrogens (tertiary/aromatic N) is 1. The predicted molar refractivity (Wildman–Crippen MR) is 94.1 cm³/mol. The molecule has 0 spiro atoms. The van der Waals surface area contributed by atoms with Gasteiger partial charge in [-0.3, -0.25) is 4.79 Å².